The molecule has 0 spiro atoms. The van der Waals surface area contributed by atoms with Crippen LogP contribution in [0.5, 0.6) is 0 Å². The maximum atomic E-state index is 11.7. The predicted octanol–water partition coefficient (Wildman–Crippen LogP) is 1.35. The quantitative estimate of drug-likeness (QED) is 0.904. The number of sulfone groups is 1. The fraction of sp³-hybridized carbons (Fsp3) is 0.286. The minimum atomic E-state index is -3.24. The summed E-state index contributed by atoms with van der Waals surface area (Å²) in [5.41, 5.74) is 2.64. The van der Waals surface area contributed by atoms with E-state index in [0.717, 1.165) is 11.3 Å². The van der Waals surface area contributed by atoms with Gasteiger partial charge >= 0.3 is 5.97 Å². The van der Waals surface area contributed by atoms with E-state index in [1.54, 1.807) is 4.68 Å². The van der Waals surface area contributed by atoms with Crippen LogP contribution in [0.15, 0.2) is 24.3 Å². The number of benzene rings is 1. The second-order valence-electron chi connectivity index (χ2n) is 5.17. The summed E-state index contributed by atoms with van der Waals surface area (Å²) in [6.07, 6.45) is 0.284. The Morgan fingerprint density at radius 1 is 1.29 bits per heavy atom. The summed E-state index contributed by atoms with van der Waals surface area (Å²) >= 11 is 0. The van der Waals surface area contributed by atoms with Gasteiger partial charge in [-0.05, 0) is 19.1 Å². The molecule has 3 rings (SSSR count). The number of carboxylic acid groups (broad SMARTS) is 1. The summed E-state index contributed by atoms with van der Waals surface area (Å²) in [7, 11) is -3.24. The number of aromatic nitrogens is 2. The minimum absolute atomic E-state index is 0.0244. The highest BCUT2D eigenvalue weighted by atomic mass is 32.2. The van der Waals surface area contributed by atoms with Gasteiger partial charge in [-0.15, -0.1) is 0 Å². The first-order valence-electron chi connectivity index (χ1n) is 6.49. The summed E-state index contributed by atoms with van der Waals surface area (Å²) in [4.78, 5) is 11.3. The largest absolute Gasteiger partial charge is 0.476 e. The average molecular weight is 306 g/mol. The molecule has 1 aromatic heterocycles. The molecule has 0 bridgehead atoms. The number of nitrogens with zero attached hydrogens (tertiary/aromatic N) is 2. The monoisotopic (exact) mass is 306 g/mol. The highest BCUT2D eigenvalue weighted by molar-refractivity contribution is 7.90. The Kier molecular flexibility index (Phi) is 3.09. The molecule has 0 radical (unpaired) electrons. The lowest BCUT2D eigenvalue weighted by Gasteiger charge is -2.14. The Morgan fingerprint density at radius 2 is 1.95 bits per heavy atom. The molecule has 2 heterocycles. The first-order chi connectivity index (χ1) is 9.87. The fourth-order valence-electron chi connectivity index (χ4n) is 2.51. The molecule has 0 saturated carbocycles. The summed E-state index contributed by atoms with van der Waals surface area (Å²) < 4.78 is 25.0. The molecule has 0 aliphatic carbocycles. The molecule has 7 heteroatoms. The third-order valence-electron chi connectivity index (χ3n) is 3.59. The lowest BCUT2D eigenvalue weighted by molar-refractivity contribution is 0.0689. The number of rotatable bonds is 2. The van der Waals surface area contributed by atoms with Crippen molar-refractivity contribution in [2.75, 3.05) is 5.75 Å². The Hall–Kier alpha value is -2.15. The van der Waals surface area contributed by atoms with E-state index in [2.05, 4.69) is 5.10 Å². The summed E-state index contributed by atoms with van der Waals surface area (Å²) in [6.45, 7) is 1.96. The number of hydrogen-bond donors (Lipinski definition) is 1. The van der Waals surface area contributed by atoms with E-state index >= 15 is 0 Å². The molecular formula is C14H14N2O4S. The lowest BCUT2D eigenvalue weighted by Crippen LogP contribution is -2.21. The minimum Gasteiger partial charge on any atom is -0.476 e. The third-order valence-corrected chi connectivity index (χ3v) is 5.14. The maximum Gasteiger partial charge on any atom is 0.356 e. The van der Waals surface area contributed by atoms with Gasteiger partial charge in [0.05, 0.1) is 22.9 Å². The predicted molar refractivity (Wildman–Crippen MR) is 76.5 cm³/mol. The van der Waals surface area contributed by atoms with E-state index in [9.17, 15) is 18.3 Å². The highest BCUT2D eigenvalue weighted by Crippen LogP contribution is 2.26. The molecule has 21 heavy (non-hydrogen) atoms. The number of carbonyl (C=O) groups is 1. The van der Waals surface area contributed by atoms with Gasteiger partial charge in [0.2, 0.25) is 0 Å². The van der Waals surface area contributed by atoms with Crippen molar-refractivity contribution < 1.29 is 18.3 Å². The van der Waals surface area contributed by atoms with Crippen LogP contribution in [0.2, 0.25) is 0 Å². The van der Waals surface area contributed by atoms with Crippen molar-refractivity contribution in [3.8, 4) is 5.69 Å². The van der Waals surface area contributed by atoms with Gasteiger partial charge < -0.3 is 5.11 Å². The van der Waals surface area contributed by atoms with E-state index < -0.39 is 15.8 Å². The Balaban J connectivity index is 2.20. The third kappa shape index (κ3) is 2.44. The molecule has 1 aromatic carbocycles. The van der Waals surface area contributed by atoms with Crippen molar-refractivity contribution in [3.63, 3.8) is 0 Å². The zero-order valence-corrected chi connectivity index (χ0v) is 12.2. The van der Waals surface area contributed by atoms with Gasteiger partial charge in [0.15, 0.2) is 15.5 Å². The van der Waals surface area contributed by atoms with Gasteiger partial charge in [0.1, 0.15) is 0 Å². The van der Waals surface area contributed by atoms with Crippen LogP contribution in [0.25, 0.3) is 5.69 Å². The second-order valence-corrected chi connectivity index (χ2v) is 7.35. The number of fused-ring (bicyclic) bond motifs is 1. The van der Waals surface area contributed by atoms with E-state index in [1.807, 2.05) is 31.2 Å². The maximum absolute atomic E-state index is 11.7. The Morgan fingerprint density at radius 3 is 2.57 bits per heavy atom. The normalized spacial score (nSPS) is 16.4. The molecule has 0 saturated heterocycles. The molecule has 0 atom stereocenters. The van der Waals surface area contributed by atoms with Crippen molar-refractivity contribution in [2.45, 2.75) is 19.1 Å². The molecule has 0 unspecified atom stereocenters. The summed E-state index contributed by atoms with van der Waals surface area (Å²) in [5.74, 6) is -1.43. The number of aromatic carboxylic acids is 1. The molecule has 2 aromatic rings. The van der Waals surface area contributed by atoms with Crippen LogP contribution in [0.3, 0.4) is 0 Å². The summed E-state index contributed by atoms with van der Waals surface area (Å²) in [5, 5.41) is 13.4. The van der Waals surface area contributed by atoms with Crippen LogP contribution < -0.4 is 0 Å². The zero-order valence-electron chi connectivity index (χ0n) is 11.4. The first-order valence-corrected chi connectivity index (χ1v) is 8.31. The molecule has 0 fully saturated rings. The van der Waals surface area contributed by atoms with Crippen molar-refractivity contribution in [3.05, 3.63) is 46.8 Å². The van der Waals surface area contributed by atoms with E-state index in [1.165, 1.54) is 0 Å². The van der Waals surface area contributed by atoms with Crippen LogP contribution in [0, 0.1) is 6.92 Å². The van der Waals surface area contributed by atoms with Crippen LogP contribution in [0.4, 0.5) is 0 Å². The van der Waals surface area contributed by atoms with Gasteiger partial charge in [0.25, 0.3) is 0 Å². The Bertz CT molecular complexity index is 819. The van der Waals surface area contributed by atoms with Crippen molar-refractivity contribution >= 4 is 15.8 Å². The summed E-state index contributed by atoms with van der Waals surface area (Å²) in [6, 6.07) is 7.50. The van der Waals surface area contributed by atoms with E-state index in [4.69, 9.17) is 0 Å². The molecule has 1 aliphatic heterocycles. The zero-order chi connectivity index (χ0) is 15.2. The molecule has 1 aliphatic rings. The van der Waals surface area contributed by atoms with Crippen LogP contribution in [0.1, 0.15) is 27.3 Å². The number of aryl methyl sites for hydroxylation is 1. The van der Waals surface area contributed by atoms with Gasteiger partial charge in [-0.2, -0.15) is 5.10 Å². The number of carboxylic acids is 1. The lowest BCUT2D eigenvalue weighted by atomic mass is 10.1. The van der Waals surface area contributed by atoms with Gasteiger partial charge in [-0.3, -0.25) is 0 Å². The molecule has 110 valence electrons. The molecule has 6 nitrogen and oxygen atoms in total. The number of hydrogen-bond acceptors (Lipinski definition) is 4. The SMILES string of the molecule is Cc1ccc(-n2nc(C(=O)O)c3c2CCS(=O)(=O)C3)cc1. The van der Waals surface area contributed by atoms with Crippen LogP contribution in [-0.4, -0.2) is 35.0 Å². The van der Waals surface area contributed by atoms with Crippen LogP contribution >= 0.6 is 0 Å². The highest BCUT2D eigenvalue weighted by Gasteiger charge is 2.31. The molecule has 1 N–H and O–H groups in total. The van der Waals surface area contributed by atoms with Crippen molar-refractivity contribution in [1.29, 1.82) is 0 Å². The van der Waals surface area contributed by atoms with Gasteiger partial charge in [-0.25, -0.2) is 17.9 Å². The molecular weight excluding hydrogens is 292 g/mol. The van der Waals surface area contributed by atoms with Crippen LogP contribution in [-0.2, 0) is 22.0 Å². The van der Waals surface area contributed by atoms with Gasteiger partial charge in [-0.1, -0.05) is 17.7 Å². The second kappa shape index (κ2) is 4.70. The van der Waals surface area contributed by atoms with E-state index in [0.29, 0.717) is 11.3 Å². The van der Waals surface area contributed by atoms with E-state index in [-0.39, 0.29) is 23.6 Å². The van der Waals surface area contributed by atoms with Crippen molar-refractivity contribution in [2.24, 2.45) is 0 Å². The van der Waals surface area contributed by atoms with Gasteiger partial charge in [0, 0.05) is 12.0 Å². The Labute approximate surface area is 121 Å². The fourth-order valence-corrected chi connectivity index (χ4v) is 3.90. The van der Waals surface area contributed by atoms with Crippen molar-refractivity contribution in [1.82, 2.24) is 9.78 Å². The molecule has 0 amide bonds. The smallest absolute Gasteiger partial charge is 0.356 e. The topological polar surface area (TPSA) is 89.3 Å². The standard InChI is InChI=1S/C14H14N2O4S/c1-9-2-4-10(5-3-9)16-12-6-7-21(19,20)8-11(12)13(15-16)14(17)18/h2-5H,6-8H2,1H3,(H,17,18). The average Bonchev–Trinajstić information content (AvgIpc) is 2.77. The first kappa shape index (κ1) is 13.8.